The molecule has 0 aliphatic carbocycles. The summed E-state index contributed by atoms with van der Waals surface area (Å²) < 4.78 is 0.432. The maximum atomic E-state index is 9.10. The molecule has 3 nitrogen and oxygen atoms in total. The zero-order valence-electron chi connectivity index (χ0n) is 7.38. The van der Waals surface area contributed by atoms with Crippen molar-refractivity contribution in [1.29, 1.82) is 0 Å². The molecule has 2 N–H and O–H groups in total. The summed E-state index contributed by atoms with van der Waals surface area (Å²) in [5.74, 6) is -0.108. The molecule has 0 fully saturated rings. The van der Waals surface area contributed by atoms with Gasteiger partial charge in [0.05, 0.1) is 16.8 Å². The van der Waals surface area contributed by atoms with Gasteiger partial charge in [0.25, 0.3) is 0 Å². The molecule has 0 bridgehead atoms. The Bertz CT molecular complexity index is 258. The molecule has 74 valence electrons. The maximum Gasteiger partial charge on any atom is 0.172 e. The molecular formula is C8H11BrClNO2. The highest BCUT2D eigenvalue weighted by Crippen LogP contribution is 2.30. The van der Waals surface area contributed by atoms with E-state index in [0.29, 0.717) is 10.2 Å². The minimum atomic E-state index is -0.196. The summed E-state index contributed by atoms with van der Waals surface area (Å²) >= 11 is 8.55. The number of aromatic nitrogens is 1. The van der Waals surface area contributed by atoms with E-state index in [1.165, 1.54) is 6.07 Å². The fourth-order valence-corrected chi connectivity index (χ4v) is 1.38. The first-order valence-electron chi connectivity index (χ1n) is 3.80. The van der Waals surface area contributed by atoms with Gasteiger partial charge in [-0.3, -0.25) is 0 Å². The van der Waals surface area contributed by atoms with Gasteiger partial charge in [0.1, 0.15) is 0 Å². The molecule has 5 heteroatoms. The van der Waals surface area contributed by atoms with Gasteiger partial charge < -0.3 is 10.2 Å². The normalized spacial score (nSPS) is 9.00. The van der Waals surface area contributed by atoms with Gasteiger partial charge in [-0.1, -0.05) is 25.4 Å². The Morgan fingerprint density at radius 1 is 1.54 bits per heavy atom. The molecule has 1 aromatic rings. The van der Waals surface area contributed by atoms with Gasteiger partial charge in [-0.05, 0) is 22.0 Å². The van der Waals surface area contributed by atoms with Crippen LogP contribution in [-0.4, -0.2) is 15.2 Å². The number of rotatable bonds is 1. The third kappa shape index (κ3) is 3.50. The van der Waals surface area contributed by atoms with Crippen molar-refractivity contribution < 1.29 is 10.2 Å². The van der Waals surface area contributed by atoms with E-state index in [9.17, 15) is 0 Å². The van der Waals surface area contributed by atoms with Crippen molar-refractivity contribution in [3.63, 3.8) is 0 Å². The lowest BCUT2D eigenvalue weighted by Gasteiger charge is -2.00. The van der Waals surface area contributed by atoms with Crippen LogP contribution >= 0.6 is 27.5 Å². The monoisotopic (exact) mass is 267 g/mol. The number of nitrogens with zero attached hydrogens (tertiary/aromatic N) is 1. The van der Waals surface area contributed by atoms with Crippen molar-refractivity contribution >= 4 is 27.5 Å². The van der Waals surface area contributed by atoms with E-state index in [1.54, 1.807) is 0 Å². The molecule has 0 saturated carbocycles. The van der Waals surface area contributed by atoms with Crippen LogP contribution in [-0.2, 0) is 6.61 Å². The van der Waals surface area contributed by atoms with E-state index in [0.717, 1.165) is 0 Å². The number of hydrogen-bond acceptors (Lipinski definition) is 3. The topological polar surface area (TPSA) is 53.4 Å². The second-order valence-electron chi connectivity index (χ2n) is 1.89. The predicted octanol–water partition coefficient (Wildman–Crippen LogP) is 2.72. The molecule has 0 aliphatic heterocycles. The number of pyridine rings is 1. The van der Waals surface area contributed by atoms with Gasteiger partial charge in [0, 0.05) is 0 Å². The van der Waals surface area contributed by atoms with Crippen LogP contribution in [0.3, 0.4) is 0 Å². The van der Waals surface area contributed by atoms with Crippen molar-refractivity contribution in [2.24, 2.45) is 0 Å². The van der Waals surface area contributed by atoms with Gasteiger partial charge in [0.15, 0.2) is 10.9 Å². The Labute approximate surface area is 90.5 Å². The first-order chi connectivity index (χ1) is 6.15. The van der Waals surface area contributed by atoms with E-state index in [4.69, 9.17) is 21.8 Å². The van der Waals surface area contributed by atoms with E-state index >= 15 is 0 Å². The molecule has 0 aliphatic rings. The summed E-state index contributed by atoms with van der Waals surface area (Å²) in [6.07, 6.45) is 0. The minimum Gasteiger partial charge on any atom is -0.504 e. The van der Waals surface area contributed by atoms with Crippen LogP contribution < -0.4 is 0 Å². The summed E-state index contributed by atoms with van der Waals surface area (Å²) in [5.41, 5.74) is 0.416. The lowest BCUT2D eigenvalue weighted by atomic mass is 10.3. The fourth-order valence-electron chi connectivity index (χ4n) is 0.605. The summed E-state index contributed by atoms with van der Waals surface area (Å²) in [4.78, 5) is 3.69. The van der Waals surface area contributed by atoms with Gasteiger partial charge in [0.2, 0.25) is 0 Å². The van der Waals surface area contributed by atoms with Crippen molar-refractivity contribution in [3.8, 4) is 5.75 Å². The van der Waals surface area contributed by atoms with Crippen LogP contribution in [0, 0.1) is 0 Å². The molecule has 0 atom stereocenters. The van der Waals surface area contributed by atoms with Crippen LogP contribution in [0.5, 0.6) is 5.75 Å². The van der Waals surface area contributed by atoms with Crippen molar-refractivity contribution in [2.45, 2.75) is 20.5 Å². The lowest BCUT2D eigenvalue weighted by molar-refractivity contribution is 0.276. The SMILES string of the molecule is CC.OCc1cc(Br)c(O)c(Cl)n1. The van der Waals surface area contributed by atoms with Gasteiger partial charge in [-0.15, -0.1) is 0 Å². The van der Waals surface area contributed by atoms with Crippen molar-refractivity contribution in [3.05, 3.63) is 21.4 Å². The third-order valence-corrected chi connectivity index (χ3v) is 1.99. The summed E-state index contributed by atoms with van der Waals surface area (Å²) in [7, 11) is 0. The molecule has 0 unspecified atom stereocenters. The Morgan fingerprint density at radius 3 is 2.46 bits per heavy atom. The van der Waals surface area contributed by atoms with Crippen LogP contribution in [0.2, 0.25) is 5.15 Å². The summed E-state index contributed by atoms with van der Waals surface area (Å²) in [6, 6.07) is 1.50. The van der Waals surface area contributed by atoms with Crippen LogP contribution in [0.25, 0.3) is 0 Å². The zero-order valence-corrected chi connectivity index (χ0v) is 9.72. The molecule has 0 radical (unpaired) electrons. The number of aliphatic hydroxyl groups is 1. The maximum absolute atomic E-state index is 9.10. The highest BCUT2D eigenvalue weighted by molar-refractivity contribution is 9.10. The molecule has 13 heavy (non-hydrogen) atoms. The molecule has 0 spiro atoms. The number of aromatic hydroxyl groups is 1. The molecule has 0 saturated heterocycles. The molecule has 0 amide bonds. The number of halogens is 2. The predicted molar refractivity (Wildman–Crippen MR) is 55.9 cm³/mol. The average molecular weight is 269 g/mol. The third-order valence-electron chi connectivity index (χ3n) is 1.12. The fraction of sp³-hybridized carbons (Fsp3) is 0.375. The van der Waals surface area contributed by atoms with E-state index in [-0.39, 0.29) is 17.5 Å². The number of aliphatic hydroxyl groups excluding tert-OH is 1. The molecule has 1 rings (SSSR count). The Hall–Kier alpha value is -0.320. The standard InChI is InChI=1S/C6H5BrClNO2.C2H6/c7-4-1-3(2-10)9-6(8)5(4)11;1-2/h1,10-11H,2H2;1-2H3. The van der Waals surface area contributed by atoms with Crippen molar-refractivity contribution in [2.75, 3.05) is 0 Å². The molecule has 0 aromatic carbocycles. The van der Waals surface area contributed by atoms with Crippen LogP contribution in [0.4, 0.5) is 0 Å². The van der Waals surface area contributed by atoms with Crippen LogP contribution in [0.1, 0.15) is 19.5 Å². The summed E-state index contributed by atoms with van der Waals surface area (Å²) in [6.45, 7) is 3.80. The van der Waals surface area contributed by atoms with Gasteiger partial charge >= 0.3 is 0 Å². The van der Waals surface area contributed by atoms with E-state index < -0.39 is 0 Å². The molecule has 1 aromatic heterocycles. The molecule has 1 heterocycles. The quantitative estimate of drug-likeness (QED) is 0.770. The Kier molecular flexibility index (Phi) is 6.03. The largest absolute Gasteiger partial charge is 0.504 e. The van der Waals surface area contributed by atoms with E-state index in [1.807, 2.05) is 13.8 Å². The summed E-state index contributed by atoms with van der Waals surface area (Å²) in [5, 5.41) is 17.7. The smallest absolute Gasteiger partial charge is 0.172 e. The highest BCUT2D eigenvalue weighted by Gasteiger charge is 2.06. The van der Waals surface area contributed by atoms with Gasteiger partial charge in [-0.25, -0.2) is 4.98 Å². The second kappa shape index (κ2) is 6.18. The van der Waals surface area contributed by atoms with Crippen molar-refractivity contribution in [1.82, 2.24) is 4.98 Å². The van der Waals surface area contributed by atoms with E-state index in [2.05, 4.69) is 20.9 Å². The minimum absolute atomic E-state index is 0.0107. The number of hydrogen-bond donors (Lipinski definition) is 2. The Balaban J connectivity index is 0.000000671. The molecular weight excluding hydrogens is 257 g/mol. The first kappa shape index (κ1) is 12.7. The van der Waals surface area contributed by atoms with Gasteiger partial charge in [-0.2, -0.15) is 0 Å². The first-order valence-corrected chi connectivity index (χ1v) is 4.97. The highest BCUT2D eigenvalue weighted by atomic mass is 79.9. The zero-order chi connectivity index (χ0) is 10.4. The van der Waals surface area contributed by atoms with Crippen LogP contribution in [0.15, 0.2) is 10.5 Å². The lowest BCUT2D eigenvalue weighted by Crippen LogP contribution is -1.89. The average Bonchev–Trinajstić information content (AvgIpc) is 2.16. The second-order valence-corrected chi connectivity index (χ2v) is 3.11. The Morgan fingerprint density at radius 2 is 2.08 bits per heavy atom.